The van der Waals surface area contributed by atoms with Crippen LogP contribution in [0.15, 0.2) is 17.4 Å². The maximum Gasteiger partial charge on any atom is 0.191 e. The fraction of sp³-hybridized carbons (Fsp3) is 0.765. The molecule has 124 valence electrons. The number of aromatic nitrogens is 2. The lowest BCUT2D eigenvalue weighted by molar-refractivity contribution is 0.139. The molecular formula is C17H31N5. The molecule has 1 heterocycles. The van der Waals surface area contributed by atoms with E-state index in [1.807, 2.05) is 17.9 Å². The van der Waals surface area contributed by atoms with Gasteiger partial charge in [0.15, 0.2) is 5.96 Å². The monoisotopic (exact) mass is 305 g/mol. The number of hydrogen-bond acceptors (Lipinski definition) is 2. The Morgan fingerprint density at radius 3 is 2.73 bits per heavy atom. The lowest BCUT2D eigenvalue weighted by atomic mass is 9.67. The van der Waals surface area contributed by atoms with Gasteiger partial charge in [-0.25, -0.2) is 0 Å². The van der Waals surface area contributed by atoms with Gasteiger partial charge in [0.25, 0.3) is 0 Å². The molecule has 2 rings (SSSR count). The number of aryl methyl sites for hydroxylation is 2. The minimum Gasteiger partial charge on any atom is -0.357 e. The molecule has 0 amide bonds. The Kier molecular flexibility index (Phi) is 6.28. The summed E-state index contributed by atoms with van der Waals surface area (Å²) in [7, 11) is 1.96. The molecule has 1 aliphatic rings. The SMILES string of the molecule is CCNC(=NCC1(CC)CCC1)NCCCc1cnn(C)c1. The molecule has 1 saturated carbocycles. The van der Waals surface area contributed by atoms with Gasteiger partial charge in [-0.2, -0.15) is 5.10 Å². The molecule has 1 aromatic rings. The summed E-state index contributed by atoms with van der Waals surface area (Å²) in [6, 6.07) is 0. The molecule has 0 radical (unpaired) electrons. The number of aliphatic imine (C=N–C) groups is 1. The van der Waals surface area contributed by atoms with E-state index in [4.69, 9.17) is 4.99 Å². The lowest BCUT2D eigenvalue weighted by Crippen LogP contribution is -2.40. The second-order valence-corrected chi connectivity index (χ2v) is 6.45. The highest BCUT2D eigenvalue weighted by Gasteiger charge is 2.34. The average molecular weight is 305 g/mol. The van der Waals surface area contributed by atoms with Gasteiger partial charge in [-0.05, 0) is 50.0 Å². The van der Waals surface area contributed by atoms with E-state index >= 15 is 0 Å². The zero-order valence-corrected chi connectivity index (χ0v) is 14.4. The van der Waals surface area contributed by atoms with Crippen LogP contribution in [0.4, 0.5) is 0 Å². The molecule has 1 fully saturated rings. The highest BCUT2D eigenvalue weighted by atomic mass is 15.2. The molecule has 1 aromatic heterocycles. The third-order valence-corrected chi connectivity index (χ3v) is 4.77. The molecule has 1 aliphatic carbocycles. The highest BCUT2D eigenvalue weighted by Crippen LogP contribution is 2.43. The van der Waals surface area contributed by atoms with Crippen molar-refractivity contribution in [1.82, 2.24) is 20.4 Å². The van der Waals surface area contributed by atoms with Crippen LogP contribution in [0.25, 0.3) is 0 Å². The second kappa shape index (κ2) is 8.20. The fourth-order valence-electron chi connectivity index (χ4n) is 2.99. The number of hydrogen-bond donors (Lipinski definition) is 2. The van der Waals surface area contributed by atoms with Crippen LogP contribution in [0, 0.1) is 5.41 Å². The fourth-order valence-corrected chi connectivity index (χ4v) is 2.99. The summed E-state index contributed by atoms with van der Waals surface area (Å²) in [6.45, 7) is 7.23. The van der Waals surface area contributed by atoms with E-state index < -0.39 is 0 Å². The van der Waals surface area contributed by atoms with Crippen LogP contribution in [0.3, 0.4) is 0 Å². The summed E-state index contributed by atoms with van der Waals surface area (Å²) in [5.41, 5.74) is 1.78. The summed E-state index contributed by atoms with van der Waals surface area (Å²) in [6.07, 6.45) is 11.5. The van der Waals surface area contributed by atoms with E-state index in [1.165, 1.54) is 31.2 Å². The summed E-state index contributed by atoms with van der Waals surface area (Å²) in [5.74, 6) is 0.966. The maximum absolute atomic E-state index is 4.81. The van der Waals surface area contributed by atoms with E-state index in [0.717, 1.165) is 38.4 Å². The zero-order chi connectivity index (χ0) is 15.8. The van der Waals surface area contributed by atoms with Crippen molar-refractivity contribution in [1.29, 1.82) is 0 Å². The van der Waals surface area contributed by atoms with Gasteiger partial charge in [0.2, 0.25) is 0 Å². The molecule has 0 unspecified atom stereocenters. The van der Waals surface area contributed by atoms with Crippen molar-refractivity contribution in [2.75, 3.05) is 19.6 Å². The van der Waals surface area contributed by atoms with Gasteiger partial charge < -0.3 is 10.6 Å². The van der Waals surface area contributed by atoms with Crippen molar-refractivity contribution in [3.63, 3.8) is 0 Å². The number of rotatable bonds is 8. The molecule has 0 aliphatic heterocycles. The predicted octanol–water partition coefficient (Wildman–Crippen LogP) is 2.49. The second-order valence-electron chi connectivity index (χ2n) is 6.45. The van der Waals surface area contributed by atoms with E-state index in [0.29, 0.717) is 5.41 Å². The van der Waals surface area contributed by atoms with Crippen molar-refractivity contribution in [3.8, 4) is 0 Å². The molecule has 5 nitrogen and oxygen atoms in total. The first-order chi connectivity index (χ1) is 10.7. The number of nitrogens with one attached hydrogen (secondary N) is 2. The quantitative estimate of drug-likeness (QED) is 0.441. The molecule has 0 saturated heterocycles. The highest BCUT2D eigenvalue weighted by molar-refractivity contribution is 5.79. The smallest absolute Gasteiger partial charge is 0.191 e. The largest absolute Gasteiger partial charge is 0.357 e. The van der Waals surface area contributed by atoms with E-state index in [2.05, 4.69) is 35.8 Å². The number of nitrogens with zero attached hydrogens (tertiary/aromatic N) is 3. The van der Waals surface area contributed by atoms with Crippen LogP contribution in [0.2, 0.25) is 0 Å². The summed E-state index contributed by atoms with van der Waals surface area (Å²) >= 11 is 0. The Morgan fingerprint density at radius 1 is 1.36 bits per heavy atom. The Labute approximate surface area is 134 Å². The number of guanidine groups is 1. The first kappa shape index (κ1) is 16.8. The molecule has 22 heavy (non-hydrogen) atoms. The van der Waals surface area contributed by atoms with Crippen LogP contribution in [0.5, 0.6) is 0 Å². The molecule has 5 heteroatoms. The van der Waals surface area contributed by atoms with Crippen molar-refractivity contribution < 1.29 is 0 Å². The summed E-state index contributed by atoms with van der Waals surface area (Å²) < 4.78 is 1.86. The van der Waals surface area contributed by atoms with E-state index in [1.54, 1.807) is 0 Å². The maximum atomic E-state index is 4.81. The third kappa shape index (κ3) is 4.75. The Bertz CT molecular complexity index is 468. The van der Waals surface area contributed by atoms with Gasteiger partial charge in [-0.3, -0.25) is 9.67 Å². The Hall–Kier alpha value is -1.52. The first-order valence-corrected chi connectivity index (χ1v) is 8.67. The van der Waals surface area contributed by atoms with Gasteiger partial charge in [0.05, 0.1) is 6.20 Å². The predicted molar refractivity (Wildman–Crippen MR) is 92.1 cm³/mol. The first-order valence-electron chi connectivity index (χ1n) is 8.67. The van der Waals surface area contributed by atoms with Crippen molar-refractivity contribution >= 4 is 5.96 Å². The van der Waals surface area contributed by atoms with Crippen molar-refractivity contribution in [2.24, 2.45) is 17.5 Å². The van der Waals surface area contributed by atoms with E-state index in [9.17, 15) is 0 Å². The van der Waals surface area contributed by atoms with Crippen LogP contribution < -0.4 is 10.6 Å². The zero-order valence-electron chi connectivity index (χ0n) is 14.4. The molecule has 0 aromatic carbocycles. The topological polar surface area (TPSA) is 54.2 Å². The van der Waals surface area contributed by atoms with Crippen LogP contribution in [0.1, 0.15) is 51.5 Å². The van der Waals surface area contributed by atoms with Gasteiger partial charge in [-0.15, -0.1) is 0 Å². The van der Waals surface area contributed by atoms with Crippen LogP contribution in [-0.4, -0.2) is 35.4 Å². The van der Waals surface area contributed by atoms with Crippen LogP contribution >= 0.6 is 0 Å². The molecule has 2 N–H and O–H groups in total. The molecule has 0 bridgehead atoms. The summed E-state index contributed by atoms with van der Waals surface area (Å²) in [4.78, 5) is 4.81. The van der Waals surface area contributed by atoms with Gasteiger partial charge in [0, 0.05) is 32.9 Å². The van der Waals surface area contributed by atoms with Gasteiger partial charge in [-0.1, -0.05) is 13.3 Å². The third-order valence-electron chi connectivity index (χ3n) is 4.77. The van der Waals surface area contributed by atoms with Gasteiger partial charge >= 0.3 is 0 Å². The minimum absolute atomic E-state index is 0.484. The average Bonchev–Trinajstić information content (AvgIpc) is 2.88. The Balaban J connectivity index is 1.73. The van der Waals surface area contributed by atoms with Crippen LogP contribution in [-0.2, 0) is 13.5 Å². The molecular weight excluding hydrogens is 274 g/mol. The Morgan fingerprint density at radius 2 is 2.18 bits per heavy atom. The van der Waals surface area contributed by atoms with Gasteiger partial charge in [0.1, 0.15) is 0 Å². The summed E-state index contributed by atoms with van der Waals surface area (Å²) in [5, 5.41) is 11.0. The van der Waals surface area contributed by atoms with E-state index in [-0.39, 0.29) is 0 Å². The standard InChI is InChI=1S/C17H31N5/c1-4-17(9-7-10-17)14-20-16(18-5-2)19-11-6-8-15-12-21-22(3)13-15/h12-13H,4-11,14H2,1-3H3,(H2,18,19,20). The molecule has 0 atom stereocenters. The van der Waals surface area contributed by atoms with Crippen molar-refractivity contribution in [2.45, 2.75) is 52.4 Å². The molecule has 0 spiro atoms. The normalized spacial score (nSPS) is 17.1. The lowest BCUT2D eigenvalue weighted by Gasteiger charge is -2.40. The minimum atomic E-state index is 0.484. The van der Waals surface area contributed by atoms with Crippen molar-refractivity contribution in [3.05, 3.63) is 18.0 Å².